The third-order valence-electron chi connectivity index (χ3n) is 1.68. The second kappa shape index (κ2) is 3.20. The monoisotopic (exact) mass is 252 g/mol. The second-order valence-electron chi connectivity index (χ2n) is 2.50. The van der Waals surface area contributed by atoms with Crippen LogP contribution in [0, 0.1) is 0 Å². The highest BCUT2D eigenvalue weighted by Crippen LogP contribution is 2.31. The van der Waals surface area contributed by atoms with Crippen LogP contribution in [0.1, 0.15) is 19.3 Å². The van der Waals surface area contributed by atoms with E-state index in [4.69, 9.17) is 0 Å². The minimum atomic E-state index is 0.552. The normalized spacial score (nSPS) is 36.9. The van der Waals surface area contributed by atoms with Crippen molar-refractivity contribution >= 4 is 31.9 Å². The third kappa shape index (κ3) is 2.08. The van der Waals surface area contributed by atoms with E-state index in [9.17, 15) is 0 Å². The molecule has 52 valence electrons. The smallest absolute Gasteiger partial charge is 0.0362 e. The molecule has 1 saturated carbocycles. The van der Waals surface area contributed by atoms with Gasteiger partial charge in [0.25, 0.3) is 0 Å². The first-order chi connectivity index (χ1) is 4.20. The number of alkyl halides is 2. The molecule has 2 unspecified atom stereocenters. The van der Waals surface area contributed by atoms with Crippen LogP contribution in [0.3, 0.4) is 0 Å². The van der Waals surface area contributed by atoms with Gasteiger partial charge in [0.05, 0.1) is 0 Å². The molecule has 0 heterocycles. The summed E-state index contributed by atoms with van der Waals surface area (Å²) in [7, 11) is 0. The summed E-state index contributed by atoms with van der Waals surface area (Å²) < 4.78 is 0. The molecule has 0 amide bonds. The Morgan fingerprint density at radius 2 is 2.11 bits per heavy atom. The van der Waals surface area contributed by atoms with Gasteiger partial charge in [0.15, 0.2) is 0 Å². The Balaban J connectivity index is 2.44. The maximum absolute atomic E-state index is 3.96. The Bertz CT molecular complexity index is 120. The molecule has 1 rings (SSSR count). The summed E-state index contributed by atoms with van der Waals surface area (Å²) >= 11 is 7.15. The van der Waals surface area contributed by atoms with Gasteiger partial charge in [-0.05, 0) is 19.3 Å². The molecule has 0 spiro atoms. The fourth-order valence-electron chi connectivity index (χ4n) is 1.01. The Morgan fingerprint density at radius 1 is 1.44 bits per heavy atom. The molecule has 2 atom stereocenters. The fraction of sp³-hybridized carbons (Fsp3) is 0.714. The lowest BCUT2D eigenvalue weighted by molar-refractivity contribution is 0.639. The van der Waals surface area contributed by atoms with E-state index >= 15 is 0 Å². The van der Waals surface area contributed by atoms with Crippen LogP contribution in [0.5, 0.6) is 0 Å². The van der Waals surface area contributed by atoms with Crippen LogP contribution in [0.25, 0.3) is 0 Å². The van der Waals surface area contributed by atoms with Crippen LogP contribution in [0.2, 0.25) is 0 Å². The lowest BCUT2D eigenvalue weighted by Crippen LogP contribution is -2.16. The largest absolute Gasteiger partial charge is 0.0987 e. The van der Waals surface area contributed by atoms with E-state index in [1.165, 1.54) is 24.8 Å². The van der Waals surface area contributed by atoms with Crippen molar-refractivity contribution in [3.05, 3.63) is 12.2 Å². The van der Waals surface area contributed by atoms with Gasteiger partial charge in [-0.25, -0.2) is 0 Å². The van der Waals surface area contributed by atoms with Crippen molar-refractivity contribution in [2.75, 3.05) is 0 Å². The summed E-state index contributed by atoms with van der Waals surface area (Å²) in [5.74, 6) is 0. The minimum absolute atomic E-state index is 0.552. The standard InChI is InChI=1S/C7H10Br2/c1-5-2-3-6(8)4-7(5)9/h6-7H,1-4H2. The molecule has 0 radical (unpaired) electrons. The summed E-state index contributed by atoms with van der Waals surface area (Å²) in [5, 5.41) is 0. The topological polar surface area (TPSA) is 0 Å². The molecule has 0 aromatic heterocycles. The molecule has 0 aromatic rings. The third-order valence-corrected chi connectivity index (χ3v) is 3.54. The lowest BCUT2D eigenvalue weighted by Gasteiger charge is -2.23. The van der Waals surface area contributed by atoms with Crippen molar-refractivity contribution in [2.24, 2.45) is 0 Å². The second-order valence-corrected chi connectivity index (χ2v) is 4.90. The number of halogens is 2. The Hall–Kier alpha value is 0.700. The molecule has 0 bridgehead atoms. The van der Waals surface area contributed by atoms with Gasteiger partial charge >= 0.3 is 0 Å². The molecule has 0 saturated heterocycles. The first-order valence-electron chi connectivity index (χ1n) is 3.16. The Kier molecular flexibility index (Phi) is 2.77. The van der Waals surface area contributed by atoms with Crippen LogP contribution in [0.15, 0.2) is 12.2 Å². The highest BCUT2D eigenvalue weighted by atomic mass is 79.9. The number of hydrogen-bond acceptors (Lipinski definition) is 0. The summed E-state index contributed by atoms with van der Waals surface area (Å²) in [4.78, 5) is 1.25. The van der Waals surface area contributed by atoms with Crippen LogP contribution in [0.4, 0.5) is 0 Å². The zero-order valence-electron chi connectivity index (χ0n) is 5.24. The van der Waals surface area contributed by atoms with Gasteiger partial charge in [0, 0.05) is 9.65 Å². The van der Waals surface area contributed by atoms with Crippen molar-refractivity contribution in [1.82, 2.24) is 0 Å². The van der Waals surface area contributed by atoms with Crippen molar-refractivity contribution < 1.29 is 0 Å². The van der Waals surface area contributed by atoms with E-state index in [1.807, 2.05) is 0 Å². The zero-order valence-corrected chi connectivity index (χ0v) is 8.41. The van der Waals surface area contributed by atoms with E-state index < -0.39 is 0 Å². The van der Waals surface area contributed by atoms with E-state index in [0.29, 0.717) is 9.65 Å². The summed E-state index contributed by atoms with van der Waals surface area (Å²) in [6, 6.07) is 0. The van der Waals surface area contributed by atoms with Crippen molar-refractivity contribution in [3.8, 4) is 0 Å². The van der Waals surface area contributed by atoms with Gasteiger partial charge in [0.1, 0.15) is 0 Å². The van der Waals surface area contributed by atoms with Crippen LogP contribution < -0.4 is 0 Å². The summed E-state index contributed by atoms with van der Waals surface area (Å²) in [6.07, 6.45) is 3.62. The van der Waals surface area contributed by atoms with E-state index in [0.717, 1.165) is 0 Å². The van der Waals surface area contributed by atoms with Crippen LogP contribution in [-0.2, 0) is 0 Å². The quantitative estimate of drug-likeness (QED) is 0.459. The molecular weight excluding hydrogens is 244 g/mol. The predicted octanol–water partition coefficient (Wildman–Crippen LogP) is 3.25. The molecule has 0 aliphatic heterocycles. The maximum atomic E-state index is 3.96. The number of hydrogen-bond donors (Lipinski definition) is 0. The highest BCUT2D eigenvalue weighted by Gasteiger charge is 2.19. The SMILES string of the molecule is C=C1CCC(Br)CC1Br. The maximum Gasteiger partial charge on any atom is 0.0362 e. The predicted molar refractivity (Wildman–Crippen MR) is 48.4 cm³/mol. The van der Waals surface area contributed by atoms with Crippen molar-refractivity contribution in [2.45, 2.75) is 28.9 Å². The average Bonchev–Trinajstić information content (AvgIpc) is 1.80. The highest BCUT2D eigenvalue weighted by molar-refractivity contribution is 9.10. The molecule has 1 fully saturated rings. The first-order valence-corrected chi connectivity index (χ1v) is 4.99. The molecular formula is C7H10Br2. The summed E-state index contributed by atoms with van der Waals surface area (Å²) in [6.45, 7) is 3.96. The average molecular weight is 254 g/mol. The van der Waals surface area contributed by atoms with Gasteiger partial charge in [-0.1, -0.05) is 44.0 Å². The Morgan fingerprint density at radius 3 is 2.56 bits per heavy atom. The molecule has 0 aromatic carbocycles. The summed E-state index contributed by atoms with van der Waals surface area (Å²) in [5.41, 5.74) is 1.35. The van der Waals surface area contributed by atoms with Crippen LogP contribution in [-0.4, -0.2) is 9.65 Å². The number of rotatable bonds is 0. The van der Waals surface area contributed by atoms with E-state index in [-0.39, 0.29) is 0 Å². The van der Waals surface area contributed by atoms with E-state index in [1.54, 1.807) is 0 Å². The molecule has 1 aliphatic carbocycles. The van der Waals surface area contributed by atoms with Gasteiger partial charge in [0.2, 0.25) is 0 Å². The molecule has 0 N–H and O–H groups in total. The van der Waals surface area contributed by atoms with Crippen LogP contribution >= 0.6 is 31.9 Å². The fourth-order valence-corrected chi connectivity index (χ4v) is 2.79. The Labute approximate surface area is 73.0 Å². The van der Waals surface area contributed by atoms with E-state index in [2.05, 4.69) is 38.4 Å². The number of allylic oxidation sites excluding steroid dienone is 1. The zero-order chi connectivity index (χ0) is 6.85. The molecule has 2 heteroatoms. The van der Waals surface area contributed by atoms with Gasteiger partial charge in [-0.15, -0.1) is 0 Å². The minimum Gasteiger partial charge on any atom is -0.0987 e. The van der Waals surface area contributed by atoms with Crippen molar-refractivity contribution in [1.29, 1.82) is 0 Å². The molecule has 1 aliphatic rings. The lowest BCUT2D eigenvalue weighted by atomic mass is 9.96. The van der Waals surface area contributed by atoms with Gasteiger partial charge in [-0.2, -0.15) is 0 Å². The molecule has 9 heavy (non-hydrogen) atoms. The first kappa shape index (κ1) is 7.80. The van der Waals surface area contributed by atoms with Crippen molar-refractivity contribution in [3.63, 3.8) is 0 Å². The molecule has 0 nitrogen and oxygen atoms in total. The van der Waals surface area contributed by atoms with Gasteiger partial charge < -0.3 is 0 Å². The van der Waals surface area contributed by atoms with Gasteiger partial charge in [-0.3, -0.25) is 0 Å².